The van der Waals surface area contributed by atoms with Crippen molar-refractivity contribution in [3.8, 4) is 11.3 Å². The van der Waals surface area contributed by atoms with Crippen LogP contribution < -0.4 is 5.48 Å². The third kappa shape index (κ3) is 4.08. The Balaban J connectivity index is 1.78. The van der Waals surface area contributed by atoms with E-state index in [1.54, 1.807) is 53.3 Å². The lowest BCUT2D eigenvalue weighted by molar-refractivity contribution is 0.0537. The highest BCUT2D eigenvalue weighted by Crippen LogP contribution is 2.20. The normalized spacial score (nSPS) is 10.7. The summed E-state index contributed by atoms with van der Waals surface area (Å²) in [5.41, 5.74) is 5.93. The van der Waals surface area contributed by atoms with Crippen molar-refractivity contribution < 1.29 is 14.7 Å². The Morgan fingerprint density at radius 1 is 1.23 bits per heavy atom. The number of aliphatic hydroxyl groups excluding tert-OH is 1. The summed E-state index contributed by atoms with van der Waals surface area (Å²) < 4.78 is 1.67. The molecule has 0 fully saturated rings. The molecule has 0 saturated carbocycles. The summed E-state index contributed by atoms with van der Waals surface area (Å²) in [5, 5.41) is 18.3. The van der Waals surface area contributed by atoms with Gasteiger partial charge in [0.2, 0.25) is 0 Å². The van der Waals surface area contributed by atoms with Crippen LogP contribution in [0.5, 0.6) is 0 Å². The number of amides is 1. The van der Waals surface area contributed by atoms with Crippen LogP contribution in [0.25, 0.3) is 11.3 Å². The van der Waals surface area contributed by atoms with Crippen LogP contribution in [0.3, 0.4) is 0 Å². The average Bonchev–Trinajstić information content (AvgIpc) is 3.11. The van der Waals surface area contributed by atoms with Gasteiger partial charge in [0.05, 0.1) is 26.5 Å². The molecule has 0 radical (unpaired) electrons. The van der Waals surface area contributed by atoms with Gasteiger partial charge in [-0.15, -0.1) is 5.10 Å². The highest BCUT2D eigenvalue weighted by atomic mass is 35.5. The number of halogens is 1. The molecule has 26 heavy (non-hydrogen) atoms. The molecule has 0 atom stereocenters. The fourth-order valence-corrected chi connectivity index (χ4v) is 2.72. The fraction of sp³-hybridized carbons (Fsp3) is 0.167. The van der Waals surface area contributed by atoms with Crippen LogP contribution in [0.4, 0.5) is 0 Å². The predicted molar refractivity (Wildman–Crippen MR) is 96.4 cm³/mol. The number of aliphatic hydroxyl groups is 1. The molecule has 2 N–H and O–H groups in total. The maximum atomic E-state index is 11.7. The molecule has 0 aliphatic heterocycles. The molecule has 0 aliphatic carbocycles. The number of hydrogen-bond acceptors (Lipinski definition) is 5. The zero-order chi connectivity index (χ0) is 18.5. The second-order valence-corrected chi connectivity index (χ2v) is 6.02. The SMILES string of the molecule is CONC(=O)c1ccc(-c2cn(Cc3cc(Cl)ccc3CO)nn2)cc1. The molecule has 0 spiro atoms. The van der Waals surface area contributed by atoms with Gasteiger partial charge < -0.3 is 5.11 Å². The van der Waals surface area contributed by atoms with Gasteiger partial charge in [0, 0.05) is 16.1 Å². The number of aromatic nitrogens is 3. The van der Waals surface area contributed by atoms with E-state index in [1.807, 2.05) is 0 Å². The van der Waals surface area contributed by atoms with Gasteiger partial charge in [-0.05, 0) is 35.4 Å². The van der Waals surface area contributed by atoms with Crippen molar-refractivity contribution in [2.24, 2.45) is 0 Å². The van der Waals surface area contributed by atoms with Gasteiger partial charge in [-0.1, -0.05) is 35.0 Å². The Hall–Kier alpha value is -2.74. The summed E-state index contributed by atoms with van der Waals surface area (Å²) in [4.78, 5) is 16.3. The van der Waals surface area contributed by atoms with E-state index in [9.17, 15) is 9.90 Å². The quantitative estimate of drug-likeness (QED) is 0.649. The number of hydrogen-bond donors (Lipinski definition) is 2. The number of rotatable bonds is 6. The summed E-state index contributed by atoms with van der Waals surface area (Å²) in [6.45, 7) is 0.372. The van der Waals surface area contributed by atoms with Crippen molar-refractivity contribution in [1.29, 1.82) is 0 Å². The maximum Gasteiger partial charge on any atom is 0.274 e. The van der Waals surface area contributed by atoms with E-state index >= 15 is 0 Å². The molecule has 0 saturated heterocycles. The molecule has 1 aromatic heterocycles. The second kappa shape index (κ2) is 8.09. The minimum Gasteiger partial charge on any atom is -0.392 e. The molecule has 0 unspecified atom stereocenters. The number of nitrogens with zero attached hydrogens (tertiary/aromatic N) is 3. The minimum atomic E-state index is -0.319. The molecule has 3 aromatic rings. The fourth-order valence-electron chi connectivity index (χ4n) is 2.52. The van der Waals surface area contributed by atoms with Crippen LogP contribution in [0.15, 0.2) is 48.7 Å². The highest BCUT2D eigenvalue weighted by Gasteiger charge is 2.09. The van der Waals surface area contributed by atoms with Crippen molar-refractivity contribution in [2.75, 3.05) is 7.11 Å². The van der Waals surface area contributed by atoms with E-state index in [0.717, 1.165) is 16.7 Å². The highest BCUT2D eigenvalue weighted by molar-refractivity contribution is 6.30. The van der Waals surface area contributed by atoms with E-state index in [0.29, 0.717) is 22.8 Å². The van der Waals surface area contributed by atoms with E-state index < -0.39 is 0 Å². The Morgan fingerprint density at radius 3 is 2.69 bits per heavy atom. The van der Waals surface area contributed by atoms with Crippen LogP contribution in [-0.2, 0) is 18.0 Å². The first-order chi connectivity index (χ1) is 12.6. The number of hydroxylamine groups is 1. The van der Waals surface area contributed by atoms with Crippen molar-refractivity contribution in [3.05, 3.63) is 70.4 Å². The molecular formula is C18H17ClN4O3. The molecule has 3 rings (SSSR count). The van der Waals surface area contributed by atoms with E-state index in [1.165, 1.54) is 7.11 Å². The second-order valence-electron chi connectivity index (χ2n) is 5.59. The summed E-state index contributed by atoms with van der Waals surface area (Å²) in [6, 6.07) is 12.3. The van der Waals surface area contributed by atoms with Gasteiger partial charge in [0.25, 0.3) is 5.91 Å². The van der Waals surface area contributed by atoms with Crippen LogP contribution in [0.1, 0.15) is 21.5 Å². The predicted octanol–water partition coefficient (Wildman–Crippen LogP) is 2.43. The van der Waals surface area contributed by atoms with Crippen molar-refractivity contribution >= 4 is 17.5 Å². The first-order valence-corrected chi connectivity index (χ1v) is 8.20. The lowest BCUT2D eigenvalue weighted by atomic mass is 10.1. The smallest absolute Gasteiger partial charge is 0.274 e. The Morgan fingerprint density at radius 2 is 2.00 bits per heavy atom. The van der Waals surface area contributed by atoms with E-state index in [4.69, 9.17) is 11.6 Å². The first-order valence-electron chi connectivity index (χ1n) is 7.82. The molecule has 2 aromatic carbocycles. The molecule has 1 amide bonds. The Labute approximate surface area is 155 Å². The third-order valence-electron chi connectivity index (χ3n) is 3.85. The lowest BCUT2D eigenvalue weighted by Gasteiger charge is -2.07. The maximum absolute atomic E-state index is 11.7. The molecule has 7 nitrogen and oxygen atoms in total. The minimum absolute atomic E-state index is 0.0704. The standard InChI is InChI=1S/C18H17ClN4O3/c1-26-21-18(25)13-4-2-12(3-5-13)17-10-23(22-20-17)9-15-8-16(19)7-6-14(15)11-24/h2-8,10,24H,9,11H2,1H3,(H,21,25). The van der Waals surface area contributed by atoms with Gasteiger partial charge in [0.15, 0.2) is 0 Å². The van der Waals surface area contributed by atoms with Crippen molar-refractivity contribution in [1.82, 2.24) is 20.5 Å². The van der Waals surface area contributed by atoms with Gasteiger partial charge in [-0.2, -0.15) is 0 Å². The van der Waals surface area contributed by atoms with Gasteiger partial charge in [-0.25, -0.2) is 10.2 Å². The summed E-state index contributed by atoms with van der Waals surface area (Å²) >= 11 is 6.04. The molecule has 134 valence electrons. The Kier molecular flexibility index (Phi) is 5.62. The summed E-state index contributed by atoms with van der Waals surface area (Å²) in [5.74, 6) is -0.319. The average molecular weight is 373 g/mol. The zero-order valence-electron chi connectivity index (χ0n) is 14.0. The molecule has 0 bridgehead atoms. The summed E-state index contributed by atoms with van der Waals surface area (Å²) in [7, 11) is 1.38. The van der Waals surface area contributed by atoms with Crippen LogP contribution in [0.2, 0.25) is 5.02 Å². The largest absolute Gasteiger partial charge is 0.392 e. The van der Waals surface area contributed by atoms with E-state index in [-0.39, 0.29) is 12.5 Å². The van der Waals surface area contributed by atoms with Crippen LogP contribution >= 0.6 is 11.6 Å². The van der Waals surface area contributed by atoms with E-state index in [2.05, 4.69) is 20.6 Å². The number of carbonyl (C=O) groups is 1. The molecule has 0 aliphatic rings. The summed E-state index contributed by atoms with van der Waals surface area (Å²) in [6.07, 6.45) is 1.80. The van der Waals surface area contributed by atoms with Gasteiger partial charge in [0.1, 0.15) is 5.69 Å². The van der Waals surface area contributed by atoms with Crippen LogP contribution in [0, 0.1) is 0 Å². The lowest BCUT2D eigenvalue weighted by Crippen LogP contribution is -2.21. The van der Waals surface area contributed by atoms with Crippen LogP contribution in [-0.4, -0.2) is 33.1 Å². The topological polar surface area (TPSA) is 89.3 Å². The Bertz CT molecular complexity index is 909. The number of nitrogens with one attached hydrogen (secondary N) is 1. The monoisotopic (exact) mass is 372 g/mol. The third-order valence-corrected chi connectivity index (χ3v) is 4.08. The molecular weight excluding hydrogens is 356 g/mol. The van der Waals surface area contributed by atoms with Gasteiger partial charge in [-0.3, -0.25) is 9.63 Å². The number of benzene rings is 2. The van der Waals surface area contributed by atoms with Crippen molar-refractivity contribution in [2.45, 2.75) is 13.2 Å². The molecule has 8 heteroatoms. The van der Waals surface area contributed by atoms with Gasteiger partial charge >= 0.3 is 0 Å². The zero-order valence-corrected chi connectivity index (χ0v) is 14.8. The first kappa shape index (κ1) is 18.1. The number of carbonyl (C=O) groups excluding carboxylic acids is 1. The molecule has 1 heterocycles. The van der Waals surface area contributed by atoms with Crippen molar-refractivity contribution in [3.63, 3.8) is 0 Å².